The van der Waals surface area contributed by atoms with Gasteiger partial charge in [-0.2, -0.15) is 4.98 Å². The first kappa shape index (κ1) is 16.6. The van der Waals surface area contributed by atoms with Crippen molar-refractivity contribution < 1.29 is 9.26 Å². The van der Waals surface area contributed by atoms with Crippen LogP contribution in [0.1, 0.15) is 50.9 Å². The molecule has 2 aliphatic rings. The Hall–Kier alpha value is -1.24. The van der Waals surface area contributed by atoms with Crippen LogP contribution in [0.2, 0.25) is 0 Å². The first-order chi connectivity index (χ1) is 11.3. The van der Waals surface area contributed by atoms with Crippen molar-refractivity contribution in [3.8, 4) is 0 Å². The number of hydrogen-bond donors (Lipinski definition) is 0. The van der Waals surface area contributed by atoms with Crippen molar-refractivity contribution >= 4 is 0 Å². The lowest BCUT2D eigenvalue weighted by molar-refractivity contribution is 0.0683. The van der Waals surface area contributed by atoms with Crippen LogP contribution in [0.25, 0.3) is 0 Å². The fourth-order valence-electron chi connectivity index (χ4n) is 3.36. The highest BCUT2D eigenvalue weighted by Crippen LogP contribution is 2.19. The number of ether oxygens (including phenoxy) is 1. The van der Waals surface area contributed by atoms with Gasteiger partial charge in [-0.3, -0.25) is 9.80 Å². The number of rotatable bonds is 6. The molecule has 1 aliphatic heterocycles. The van der Waals surface area contributed by atoms with Gasteiger partial charge < -0.3 is 9.26 Å². The summed E-state index contributed by atoms with van der Waals surface area (Å²) >= 11 is 0. The molecule has 0 aromatic carbocycles. The highest BCUT2D eigenvalue weighted by molar-refractivity contribution is 4.99. The van der Waals surface area contributed by atoms with E-state index in [0.717, 1.165) is 32.7 Å². The molecule has 3 rings (SSSR count). The molecule has 6 heteroatoms. The predicted molar refractivity (Wildman–Crippen MR) is 88.0 cm³/mol. The SMILES string of the molecule is CCO[C@H](C)c1noc(CN2CCN([C@H]3C=CCCC3)CC2)n1. The highest BCUT2D eigenvalue weighted by Gasteiger charge is 2.24. The molecule has 1 aromatic rings. The zero-order chi connectivity index (χ0) is 16.1. The van der Waals surface area contributed by atoms with E-state index in [4.69, 9.17) is 9.26 Å². The van der Waals surface area contributed by atoms with Gasteiger partial charge in [-0.25, -0.2) is 0 Å². The maximum Gasteiger partial charge on any atom is 0.240 e. The molecular weight excluding hydrogens is 292 g/mol. The zero-order valence-corrected chi connectivity index (χ0v) is 14.3. The summed E-state index contributed by atoms with van der Waals surface area (Å²) in [6.45, 7) is 9.67. The summed E-state index contributed by atoms with van der Waals surface area (Å²) in [5.74, 6) is 1.34. The minimum absolute atomic E-state index is 0.104. The van der Waals surface area contributed by atoms with Crippen molar-refractivity contribution in [3.05, 3.63) is 23.9 Å². The van der Waals surface area contributed by atoms with Crippen LogP contribution in [0.4, 0.5) is 0 Å². The van der Waals surface area contributed by atoms with Crippen molar-refractivity contribution in [1.29, 1.82) is 0 Å². The molecule has 0 spiro atoms. The Balaban J connectivity index is 1.47. The van der Waals surface area contributed by atoms with Gasteiger partial charge >= 0.3 is 0 Å². The Morgan fingerprint density at radius 3 is 2.87 bits per heavy atom. The van der Waals surface area contributed by atoms with E-state index >= 15 is 0 Å². The lowest BCUT2D eigenvalue weighted by Gasteiger charge is -2.38. The monoisotopic (exact) mass is 320 g/mol. The van der Waals surface area contributed by atoms with E-state index in [1.54, 1.807) is 0 Å². The lowest BCUT2D eigenvalue weighted by Crippen LogP contribution is -2.49. The first-order valence-corrected chi connectivity index (χ1v) is 8.83. The third-order valence-corrected chi connectivity index (χ3v) is 4.73. The molecule has 0 radical (unpaired) electrons. The number of nitrogens with zero attached hydrogens (tertiary/aromatic N) is 4. The second-order valence-electron chi connectivity index (χ2n) is 6.38. The van der Waals surface area contributed by atoms with Crippen LogP contribution < -0.4 is 0 Å². The first-order valence-electron chi connectivity index (χ1n) is 8.83. The molecule has 0 saturated carbocycles. The van der Waals surface area contributed by atoms with Crippen molar-refractivity contribution in [2.24, 2.45) is 0 Å². The van der Waals surface area contributed by atoms with E-state index in [-0.39, 0.29) is 6.10 Å². The predicted octanol–water partition coefficient (Wildman–Crippen LogP) is 2.39. The summed E-state index contributed by atoms with van der Waals surface area (Å²) in [5.41, 5.74) is 0. The number of hydrogen-bond acceptors (Lipinski definition) is 6. The third-order valence-electron chi connectivity index (χ3n) is 4.73. The maximum absolute atomic E-state index is 5.50. The molecule has 2 atom stereocenters. The largest absolute Gasteiger partial charge is 0.371 e. The second kappa shape index (κ2) is 8.04. The molecule has 0 amide bonds. The minimum atomic E-state index is -0.104. The van der Waals surface area contributed by atoms with E-state index in [1.807, 2.05) is 13.8 Å². The highest BCUT2D eigenvalue weighted by atomic mass is 16.5. The summed E-state index contributed by atoms with van der Waals surface area (Å²) in [5, 5.41) is 4.03. The zero-order valence-electron chi connectivity index (χ0n) is 14.3. The molecule has 1 aromatic heterocycles. The van der Waals surface area contributed by atoms with Gasteiger partial charge in [-0.05, 0) is 33.1 Å². The fraction of sp³-hybridized carbons (Fsp3) is 0.765. The molecule has 6 nitrogen and oxygen atoms in total. The molecule has 23 heavy (non-hydrogen) atoms. The molecule has 0 unspecified atom stereocenters. The van der Waals surface area contributed by atoms with Crippen molar-refractivity contribution in [3.63, 3.8) is 0 Å². The van der Waals surface area contributed by atoms with E-state index in [9.17, 15) is 0 Å². The maximum atomic E-state index is 5.50. The number of aromatic nitrogens is 2. The van der Waals surface area contributed by atoms with Gasteiger partial charge in [0.15, 0.2) is 5.82 Å². The van der Waals surface area contributed by atoms with E-state index in [2.05, 4.69) is 32.1 Å². The Bertz CT molecular complexity index is 508. The standard InChI is InChI=1S/C17H28N4O2/c1-3-22-14(2)17-18-16(23-19-17)13-20-9-11-21(12-10-20)15-7-5-4-6-8-15/h5,7,14-15H,3-4,6,8-13H2,1-2H3/t14-,15+/m1/s1. The average Bonchev–Trinajstić information content (AvgIpc) is 3.05. The number of allylic oxidation sites excluding steroid dienone is 1. The Morgan fingerprint density at radius 2 is 2.17 bits per heavy atom. The molecule has 0 N–H and O–H groups in total. The van der Waals surface area contributed by atoms with Crippen LogP contribution in [0.15, 0.2) is 16.7 Å². The molecule has 2 heterocycles. The van der Waals surface area contributed by atoms with Gasteiger partial charge in [0.1, 0.15) is 6.10 Å². The van der Waals surface area contributed by atoms with Crippen LogP contribution in [0, 0.1) is 0 Å². The van der Waals surface area contributed by atoms with E-state index in [1.165, 1.54) is 19.3 Å². The van der Waals surface area contributed by atoms with E-state index in [0.29, 0.717) is 24.4 Å². The Morgan fingerprint density at radius 1 is 1.35 bits per heavy atom. The van der Waals surface area contributed by atoms with Gasteiger partial charge in [0.25, 0.3) is 0 Å². The van der Waals surface area contributed by atoms with Crippen molar-refractivity contribution in [2.75, 3.05) is 32.8 Å². The summed E-state index contributed by atoms with van der Waals surface area (Å²) in [4.78, 5) is 9.46. The van der Waals surface area contributed by atoms with Crippen molar-refractivity contribution in [2.45, 2.75) is 51.8 Å². The molecule has 1 saturated heterocycles. The normalized spacial score (nSPS) is 24.9. The van der Waals surface area contributed by atoms with E-state index < -0.39 is 0 Å². The second-order valence-corrected chi connectivity index (χ2v) is 6.38. The third kappa shape index (κ3) is 4.40. The van der Waals surface area contributed by atoms with Crippen LogP contribution in [0.3, 0.4) is 0 Å². The molecule has 0 bridgehead atoms. The van der Waals surface area contributed by atoms with Crippen LogP contribution in [0.5, 0.6) is 0 Å². The lowest BCUT2D eigenvalue weighted by atomic mass is 10.0. The van der Waals surface area contributed by atoms with Crippen LogP contribution in [-0.4, -0.2) is 58.8 Å². The molecule has 1 aliphatic carbocycles. The minimum Gasteiger partial charge on any atom is -0.371 e. The Kier molecular flexibility index (Phi) is 5.80. The average molecular weight is 320 g/mol. The van der Waals surface area contributed by atoms with Gasteiger partial charge in [0.05, 0.1) is 6.54 Å². The quantitative estimate of drug-likeness (QED) is 0.750. The van der Waals surface area contributed by atoms with Gasteiger partial charge in [0.2, 0.25) is 5.89 Å². The Labute approximate surface area is 138 Å². The fourth-order valence-corrected chi connectivity index (χ4v) is 3.36. The topological polar surface area (TPSA) is 54.6 Å². The van der Waals surface area contributed by atoms with Gasteiger partial charge in [-0.1, -0.05) is 17.3 Å². The van der Waals surface area contributed by atoms with Crippen LogP contribution in [-0.2, 0) is 11.3 Å². The van der Waals surface area contributed by atoms with Crippen LogP contribution >= 0.6 is 0 Å². The summed E-state index contributed by atoms with van der Waals surface area (Å²) in [7, 11) is 0. The summed E-state index contributed by atoms with van der Waals surface area (Å²) < 4.78 is 10.9. The number of piperazine rings is 1. The van der Waals surface area contributed by atoms with Gasteiger partial charge in [-0.15, -0.1) is 0 Å². The molecule has 1 fully saturated rings. The summed E-state index contributed by atoms with van der Waals surface area (Å²) in [6, 6.07) is 0.646. The summed E-state index contributed by atoms with van der Waals surface area (Å²) in [6.07, 6.45) is 8.49. The molecular formula is C17H28N4O2. The van der Waals surface area contributed by atoms with Crippen molar-refractivity contribution in [1.82, 2.24) is 19.9 Å². The van der Waals surface area contributed by atoms with Gasteiger partial charge in [0, 0.05) is 38.8 Å². The molecule has 128 valence electrons. The smallest absolute Gasteiger partial charge is 0.240 e.